The number of hydrogen-bond acceptors (Lipinski definition) is 5. The van der Waals surface area contributed by atoms with Crippen molar-refractivity contribution in [1.29, 1.82) is 0 Å². The largest absolute Gasteiger partial charge is 0.339 e. The molecule has 1 aliphatic rings. The van der Waals surface area contributed by atoms with Gasteiger partial charge in [-0.05, 0) is 56.6 Å². The summed E-state index contributed by atoms with van der Waals surface area (Å²) in [4.78, 5) is 19.9. The number of piperidine rings is 1. The lowest BCUT2D eigenvalue weighted by Gasteiger charge is -2.23. The van der Waals surface area contributed by atoms with Crippen molar-refractivity contribution in [3.8, 4) is 0 Å². The predicted octanol–water partition coefficient (Wildman–Crippen LogP) is 3.09. The average molecular weight is 374 g/mol. The highest BCUT2D eigenvalue weighted by Gasteiger charge is 2.21. The van der Waals surface area contributed by atoms with Gasteiger partial charge in [0.05, 0.1) is 22.3 Å². The van der Waals surface area contributed by atoms with Gasteiger partial charge in [0.15, 0.2) is 0 Å². The Morgan fingerprint density at radius 2 is 2.04 bits per heavy atom. The zero-order valence-corrected chi connectivity index (χ0v) is 15.7. The first kappa shape index (κ1) is 16.9. The van der Waals surface area contributed by atoms with Crippen LogP contribution in [0.5, 0.6) is 0 Å². The van der Waals surface area contributed by atoms with Gasteiger partial charge in [0, 0.05) is 18.2 Å². The number of hydrogen-bond donors (Lipinski definition) is 3. The third-order valence-corrected chi connectivity index (χ3v) is 5.48. The van der Waals surface area contributed by atoms with Crippen LogP contribution in [0.2, 0.25) is 0 Å². The molecule has 0 amide bonds. The summed E-state index contributed by atoms with van der Waals surface area (Å²) in [5.74, 6) is 1.13. The van der Waals surface area contributed by atoms with Crippen molar-refractivity contribution in [2.45, 2.75) is 25.7 Å². The van der Waals surface area contributed by atoms with E-state index in [1.807, 2.05) is 41.8 Å². The topological polar surface area (TPSA) is 87.1 Å². The first-order valence-electron chi connectivity index (χ1n) is 9.65. The minimum atomic E-state index is -0.0911. The zero-order valence-electron chi connectivity index (χ0n) is 15.7. The summed E-state index contributed by atoms with van der Waals surface area (Å²) in [6, 6.07) is 11.6. The van der Waals surface area contributed by atoms with Gasteiger partial charge >= 0.3 is 0 Å². The van der Waals surface area contributed by atoms with Gasteiger partial charge in [-0.1, -0.05) is 12.1 Å². The average Bonchev–Trinajstić information content (AvgIpc) is 3.09. The molecule has 0 radical (unpaired) electrons. The number of aryl methyl sites for hydroxylation is 1. The van der Waals surface area contributed by atoms with Crippen LogP contribution in [0, 0.1) is 6.92 Å². The molecule has 1 fully saturated rings. The maximum atomic E-state index is 12.5. The van der Waals surface area contributed by atoms with Gasteiger partial charge in [0.2, 0.25) is 0 Å². The molecule has 1 saturated heterocycles. The van der Waals surface area contributed by atoms with Crippen molar-refractivity contribution >= 4 is 28.1 Å². The van der Waals surface area contributed by atoms with E-state index in [1.165, 1.54) is 0 Å². The molecule has 0 saturated carbocycles. The molecule has 142 valence electrons. The lowest BCUT2D eigenvalue weighted by molar-refractivity contribution is 0.446. The summed E-state index contributed by atoms with van der Waals surface area (Å²) in [6.45, 7) is 3.94. The molecule has 1 aliphatic heterocycles. The Morgan fingerprint density at radius 1 is 1.18 bits per heavy atom. The number of benzene rings is 1. The zero-order chi connectivity index (χ0) is 19.1. The quantitative estimate of drug-likeness (QED) is 0.513. The summed E-state index contributed by atoms with van der Waals surface area (Å²) in [7, 11) is 0. The molecule has 3 N–H and O–H groups in total. The molecular formula is C21H22N6O. The van der Waals surface area contributed by atoms with E-state index < -0.39 is 0 Å². The number of aromatic nitrogens is 4. The van der Waals surface area contributed by atoms with E-state index in [0.29, 0.717) is 5.92 Å². The van der Waals surface area contributed by atoms with Gasteiger partial charge in [0.1, 0.15) is 11.5 Å². The van der Waals surface area contributed by atoms with E-state index in [2.05, 4.69) is 20.6 Å². The number of aromatic amines is 1. The number of rotatable bonds is 3. The number of nitrogens with one attached hydrogen (secondary N) is 3. The highest BCUT2D eigenvalue weighted by Crippen LogP contribution is 2.31. The molecule has 0 aliphatic carbocycles. The van der Waals surface area contributed by atoms with Crippen LogP contribution < -0.4 is 16.2 Å². The third kappa shape index (κ3) is 2.84. The van der Waals surface area contributed by atoms with Crippen LogP contribution in [-0.4, -0.2) is 32.7 Å². The van der Waals surface area contributed by atoms with Crippen molar-refractivity contribution in [3.05, 3.63) is 64.2 Å². The lowest BCUT2D eigenvalue weighted by atomic mass is 9.94. The summed E-state index contributed by atoms with van der Waals surface area (Å²) in [5, 5.41) is 12.5. The molecule has 4 heterocycles. The first-order chi connectivity index (χ1) is 13.7. The van der Waals surface area contributed by atoms with Crippen LogP contribution in [-0.2, 0) is 0 Å². The molecule has 0 unspecified atom stereocenters. The molecule has 5 rings (SSSR count). The minimum absolute atomic E-state index is 0.0911. The number of anilines is 2. The van der Waals surface area contributed by atoms with Gasteiger partial charge in [-0.25, -0.2) is 9.50 Å². The predicted molar refractivity (Wildman–Crippen MR) is 110 cm³/mol. The van der Waals surface area contributed by atoms with Gasteiger partial charge in [-0.15, -0.1) is 0 Å². The fourth-order valence-corrected chi connectivity index (χ4v) is 4.04. The number of pyridine rings is 1. The van der Waals surface area contributed by atoms with Gasteiger partial charge < -0.3 is 15.6 Å². The molecule has 7 heteroatoms. The first-order valence-corrected chi connectivity index (χ1v) is 9.65. The second-order valence-corrected chi connectivity index (χ2v) is 7.34. The van der Waals surface area contributed by atoms with Crippen molar-refractivity contribution in [1.82, 2.24) is 24.9 Å². The standard InChI is InChI=1S/C21H22N6O/c1-13-4-3-9-23-20(13)24-15-5-2-6-16-19(15)21-25-18(28)12-17(27(21)26-16)14-7-10-22-11-8-14/h2-6,9,12,14,22H,7-8,10-11H2,1H3,(H,23,24)(H,25,28). The van der Waals surface area contributed by atoms with E-state index in [0.717, 1.165) is 65.2 Å². The summed E-state index contributed by atoms with van der Waals surface area (Å²) in [6.07, 6.45) is 3.78. The molecule has 28 heavy (non-hydrogen) atoms. The number of H-pyrrole nitrogens is 1. The Labute approximate surface area is 161 Å². The van der Waals surface area contributed by atoms with E-state index in [9.17, 15) is 4.79 Å². The second-order valence-electron chi connectivity index (χ2n) is 7.34. The van der Waals surface area contributed by atoms with Crippen molar-refractivity contribution in [3.63, 3.8) is 0 Å². The fraction of sp³-hybridized carbons (Fsp3) is 0.286. The smallest absolute Gasteiger partial charge is 0.251 e. The van der Waals surface area contributed by atoms with Gasteiger partial charge in [-0.2, -0.15) is 5.10 Å². The van der Waals surface area contributed by atoms with Crippen LogP contribution >= 0.6 is 0 Å². The van der Waals surface area contributed by atoms with Crippen LogP contribution in [0.25, 0.3) is 16.6 Å². The van der Waals surface area contributed by atoms with Crippen molar-refractivity contribution in [2.24, 2.45) is 0 Å². The second kappa shape index (κ2) is 6.76. The van der Waals surface area contributed by atoms with Gasteiger partial charge in [0.25, 0.3) is 5.56 Å². The van der Waals surface area contributed by atoms with Crippen molar-refractivity contribution < 1.29 is 0 Å². The molecule has 0 bridgehead atoms. The molecule has 1 aromatic carbocycles. The van der Waals surface area contributed by atoms with Crippen molar-refractivity contribution in [2.75, 3.05) is 18.4 Å². The van der Waals surface area contributed by atoms with Crippen LogP contribution in [0.1, 0.15) is 30.0 Å². The highest BCUT2D eigenvalue weighted by molar-refractivity contribution is 6.03. The van der Waals surface area contributed by atoms with Crippen LogP contribution in [0.4, 0.5) is 11.5 Å². The van der Waals surface area contributed by atoms with Crippen LogP contribution in [0.15, 0.2) is 47.4 Å². The Morgan fingerprint density at radius 3 is 2.86 bits per heavy atom. The maximum Gasteiger partial charge on any atom is 0.251 e. The fourth-order valence-electron chi connectivity index (χ4n) is 4.04. The Kier molecular flexibility index (Phi) is 4.09. The molecular weight excluding hydrogens is 352 g/mol. The summed E-state index contributed by atoms with van der Waals surface area (Å²) < 4.78 is 1.92. The van der Waals surface area contributed by atoms with E-state index in [1.54, 1.807) is 12.3 Å². The Bertz CT molecular complexity index is 1220. The molecule has 4 aromatic rings. The normalized spacial score (nSPS) is 15.3. The SMILES string of the molecule is Cc1cccnc1Nc1cccc2nn3c(C4CCNCC4)cc(=O)[nH]c3c12. The molecule has 0 atom stereocenters. The summed E-state index contributed by atoms with van der Waals surface area (Å²) >= 11 is 0. The maximum absolute atomic E-state index is 12.5. The van der Waals surface area contributed by atoms with E-state index in [4.69, 9.17) is 5.10 Å². The van der Waals surface area contributed by atoms with Crippen LogP contribution in [0.3, 0.4) is 0 Å². The molecule has 0 spiro atoms. The number of nitrogens with zero attached hydrogens (tertiary/aromatic N) is 3. The highest BCUT2D eigenvalue weighted by atomic mass is 16.1. The molecule has 7 nitrogen and oxygen atoms in total. The Balaban J connectivity index is 1.71. The number of fused-ring (bicyclic) bond motifs is 3. The third-order valence-electron chi connectivity index (χ3n) is 5.48. The molecule has 3 aromatic heterocycles. The summed E-state index contributed by atoms with van der Waals surface area (Å²) in [5.41, 5.74) is 4.40. The lowest BCUT2D eigenvalue weighted by Crippen LogP contribution is -2.28. The monoisotopic (exact) mass is 374 g/mol. The Hall–Kier alpha value is -3.19. The minimum Gasteiger partial charge on any atom is -0.339 e. The van der Waals surface area contributed by atoms with E-state index in [-0.39, 0.29) is 5.56 Å². The van der Waals surface area contributed by atoms with E-state index >= 15 is 0 Å². The van der Waals surface area contributed by atoms with Gasteiger partial charge in [-0.3, -0.25) is 4.79 Å².